The fraction of sp³-hybridized carbons (Fsp3) is 0.733. The van der Waals surface area contributed by atoms with Crippen LogP contribution in [-0.4, -0.2) is 22.3 Å². The van der Waals surface area contributed by atoms with Crippen LogP contribution in [0.15, 0.2) is 11.4 Å². The minimum Gasteiger partial charge on any atom is -0.370 e. The molecule has 0 aliphatic heterocycles. The summed E-state index contributed by atoms with van der Waals surface area (Å²) in [6.07, 6.45) is 6.21. The van der Waals surface area contributed by atoms with Crippen LogP contribution >= 0.6 is 11.8 Å². The summed E-state index contributed by atoms with van der Waals surface area (Å²) in [5, 5.41) is 4.59. The van der Waals surface area contributed by atoms with E-state index in [0.717, 1.165) is 48.3 Å². The maximum absolute atomic E-state index is 4.48. The second-order valence-corrected chi connectivity index (χ2v) is 6.02. The third-order valence-corrected chi connectivity index (χ3v) is 4.51. The fourth-order valence-electron chi connectivity index (χ4n) is 1.73. The number of nitrogens with one attached hydrogen (secondary N) is 1. The summed E-state index contributed by atoms with van der Waals surface area (Å²) in [6.45, 7) is 9.89. The van der Waals surface area contributed by atoms with Crippen LogP contribution in [-0.2, 0) is 6.42 Å². The molecule has 0 saturated heterocycles. The second kappa shape index (κ2) is 9.18. The first-order valence-electron chi connectivity index (χ1n) is 7.43. The van der Waals surface area contributed by atoms with E-state index in [1.54, 1.807) is 6.33 Å². The lowest BCUT2D eigenvalue weighted by Gasteiger charge is -2.14. The molecule has 1 unspecified atom stereocenters. The van der Waals surface area contributed by atoms with E-state index in [2.05, 4.69) is 43.0 Å². The Hall–Kier alpha value is -0.770. The lowest BCUT2D eigenvalue weighted by atomic mass is 10.2. The van der Waals surface area contributed by atoms with Crippen molar-refractivity contribution in [1.29, 1.82) is 0 Å². The predicted molar refractivity (Wildman–Crippen MR) is 85.0 cm³/mol. The summed E-state index contributed by atoms with van der Waals surface area (Å²) in [7, 11) is 0. The van der Waals surface area contributed by atoms with Gasteiger partial charge in [-0.15, -0.1) is 11.8 Å². The maximum Gasteiger partial charge on any atom is 0.133 e. The molecule has 1 heterocycles. The average molecular weight is 281 g/mol. The van der Waals surface area contributed by atoms with Crippen molar-refractivity contribution >= 4 is 17.6 Å². The van der Waals surface area contributed by atoms with Gasteiger partial charge in [0, 0.05) is 17.9 Å². The molecular weight excluding hydrogens is 254 g/mol. The van der Waals surface area contributed by atoms with E-state index in [4.69, 9.17) is 0 Å². The van der Waals surface area contributed by atoms with Crippen molar-refractivity contribution in [2.45, 2.75) is 58.4 Å². The van der Waals surface area contributed by atoms with E-state index < -0.39 is 0 Å². The number of nitrogens with zero attached hydrogens (tertiary/aromatic N) is 2. The van der Waals surface area contributed by atoms with Crippen LogP contribution in [0.5, 0.6) is 0 Å². The Bertz CT molecular complexity index is 368. The standard InChI is InChI=1S/C15H27N3S/c1-5-8-13-14(16-9-6-2)17-11-18-15(13)19-10-12(4)7-3/h11-12H,5-10H2,1-4H3,(H,16,17,18). The molecule has 19 heavy (non-hydrogen) atoms. The van der Waals surface area contributed by atoms with E-state index >= 15 is 0 Å². The number of thioether (sulfide) groups is 1. The van der Waals surface area contributed by atoms with Crippen LogP contribution < -0.4 is 5.32 Å². The molecule has 1 N–H and O–H groups in total. The second-order valence-electron chi connectivity index (χ2n) is 5.01. The van der Waals surface area contributed by atoms with Gasteiger partial charge in [0.2, 0.25) is 0 Å². The Morgan fingerprint density at radius 2 is 2.00 bits per heavy atom. The molecule has 0 radical (unpaired) electrons. The molecule has 1 aromatic heterocycles. The Kier molecular flexibility index (Phi) is 7.87. The largest absolute Gasteiger partial charge is 0.370 e. The lowest BCUT2D eigenvalue weighted by Crippen LogP contribution is -2.08. The van der Waals surface area contributed by atoms with Gasteiger partial charge in [-0.25, -0.2) is 9.97 Å². The number of rotatable bonds is 9. The third kappa shape index (κ3) is 5.39. The molecule has 0 bridgehead atoms. The quantitative estimate of drug-likeness (QED) is 0.538. The first-order valence-corrected chi connectivity index (χ1v) is 8.41. The van der Waals surface area contributed by atoms with Crippen LogP contribution in [0.1, 0.15) is 52.5 Å². The van der Waals surface area contributed by atoms with Gasteiger partial charge < -0.3 is 5.32 Å². The monoisotopic (exact) mass is 281 g/mol. The molecule has 0 fully saturated rings. The molecular formula is C15H27N3S. The van der Waals surface area contributed by atoms with Gasteiger partial charge in [0.05, 0.1) is 0 Å². The smallest absolute Gasteiger partial charge is 0.133 e. The third-order valence-electron chi connectivity index (χ3n) is 3.15. The van der Waals surface area contributed by atoms with Crippen LogP contribution in [0, 0.1) is 5.92 Å². The number of aromatic nitrogens is 2. The van der Waals surface area contributed by atoms with Gasteiger partial charge >= 0.3 is 0 Å². The van der Waals surface area contributed by atoms with Crippen LogP contribution in [0.2, 0.25) is 0 Å². The van der Waals surface area contributed by atoms with Crippen molar-refractivity contribution in [2.75, 3.05) is 17.6 Å². The summed E-state index contributed by atoms with van der Waals surface area (Å²) in [6, 6.07) is 0. The normalized spacial score (nSPS) is 12.4. The van der Waals surface area contributed by atoms with Gasteiger partial charge in [0.15, 0.2) is 0 Å². The van der Waals surface area contributed by atoms with E-state index in [1.165, 1.54) is 12.0 Å². The first kappa shape index (κ1) is 16.3. The summed E-state index contributed by atoms with van der Waals surface area (Å²) in [5.74, 6) is 2.91. The molecule has 1 rings (SSSR count). The van der Waals surface area contributed by atoms with Crippen molar-refractivity contribution in [2.24, 2.45) is 5.92 Å². The molecule has 0 spiro atoms. The van der Waals surface area contributed by atoms with Crippen molar-refractivity contribution in [3.05, 3.63) is 11.9 Å². The predicted octanol–water partition coefficient (Wildman–Crippen LogP) is 4.39. The number of hydrogen-bond acceptors (Lipinski definition) is 4. The van der Waals surface area contributed by atoms with E-state index in [9.17, 15) is 0 Å². The minimum absolute atomic E-state index is 0.737. The van der Waals surface area contributed by atoms with Crippen molar-refractivity contribution in [1.82, 2.24) is 9.97 Å². The Labute approximate surface area is 122 Å². The zero-order valence-corrected chi connectivity index (χ0v) is 13.5. The molecule has 0 aromatic carbocycles. The van der Waals surface area contributed by atoms with Gasteiger partial charge in [-0.1, -0.05) is 40.5 Å². The van der Waals surface area contributed by atoms with Gasteiger partial charge in [-0.2, -0.15) is 0 Å². The summed E-state index contributed by atoms with van der Waals surface area (Å²) in [4.78, 5) is 8.89. The van der Waals surface area contributed by atoms with Crippen LogP contribution in [0.3, 0.4) is 0 Å². The molecule has 1 aromatic rings. The molecule has 4 heteroatoms. The van der Waals surface area contributed by atoms with Crippen molar-refractivity contribution in [3.63, 3.8) is 0 Å². The molecule has 3 nitrogen and oxygen atoms in total. The molecule has 108 valence electrons. The highest BCUT2D eigenvalue weighted by molar-refractivity contribution is 7.99. The molecule has 0 amide bonds. The van der Waals surface area contributed by atoms with Crippen LogP contribution in [0.25, 0.3) is 0 Å². The fourth-order valence-corrected chi connectivity index (χ4v) is 2.90. The zero-order valence-electron chi connectivity index (χ0n) is 12.7. The zero-order chi connectivity index (χ0) is 14.1. The highest BCUT2D eigenvalue weighted by Crippen LogP contribution is 2.28. The lowest BCUT2D eigenvalue weighted by molar-refractivity contribution is 0.636. The van der Waals surface area contributed by atoms with E-state index in [0.29, 0.717) is 0 Å². The summed E-state index contributed by atoms with van der Waals surface area (Å²) < 4.78 is 0. The van der Waals surface area contributed by atoms with Crippen molar-refractivity contribution < 1.29 is 0 Å². The van der Waals surface area contributed by atoms with Gasteiger partial charge in [-0.05, 0) is 18.8 Å². The molecule has 1 atom stereocenters. The topological polar surface area (TPSA) is 37.8 Å². The SMILES string of the molecule is CCCNc1ncnc(SCC(C)CC)c1CCC. The Morgan fingerprint density at radius 3 is 2.63 bits per heavy atom. The van der Waals surface area contributed by atoms with E-state index in [1.807, 2.05) is 11.8 Å². The molecule has 0 aliphatic rings. The summed E-state index contributed by atoms with van der Waals surface area (Å²) in [5.41, 5.74) is 1.30. The van der Waals surface area contributed by atoms with Crippen molar-refractivity contribution in [3.8, 4) is 0 Å². The Balaban J connectivity index is 2.82. The highest BCUT2D eigenvalue weighted by Gasteiger charge is 2.12. The number of hydrogen-bond donors (Lipinski definition) is 1. The van der Waals surface area contributed by atoms with E-state index in [-0.39, 0.29) is 0 Å². The maximum atomic E-state index is 4.48. The van der Waals surface area contributed by atoms with Crippen LogP contribution in [0.4, 0.5) is 5.82 Å². The molecule has 0 aliphatic carbocycles. The Morgan fingerprint density at radius 1 is 1.21 bits per heavy atom. The minimum atomic E-state index is 0.737. The highest BCUT2D eigenvalue weighted by atomic mass is 32.2. The van der Waals surface area contributed by atoms with Gasteiger partial charge in [0.1, 0.15) is 17.2 Å². The average Bonchev–Trinajstić information content (AvgIpc) is 2.44. The summed E-state index contributed by atoms with van der Waals surface area (Å²) >= 11 is 1.88. The van der Waals surface area contributed by atoms with Gasteiger partial charge in [0.25, 0.3) is 0 Å². The molecule has 0 saturated carbocycles. The number of anilines is 1. The first-order chi connectivity index (χ1) is 9.22. The van der Waals surface area contributed by atoms with Gasteiger partial charge in [-0.3, -0.25) is 0 Å².